The molecule has 1 aromatic heterocycles. The van der Waals surface area contributed by atoms with Crippen molar-refractivity contribution >= 4 is 34.4 Å². The van der Waals surface area contributed by atoms with E-state index in [1.807, 2.05) is 74.5 Å². The number of aromatic nitrogens is 1. The van der Waals surface area contributed by atoms with Gasteiger partial charge in [-0.25, -0.2) is 4.99 Å². The van der Waals surface area contributed by atoms with Gasteiger partial charge in [0.25, 0.3) is 0 Å². The molecular weight excluding hydrogens is 432 g/mol. The van der Waals surface area contributed by atoms with Crippen LogP contribution in [0.25, 0.3) is 0 Å². The Morgan fingerprint density at radius 3 is 2.61 bits per heavy atom. The molecule has 2 heterocycles. The van der Waals surface area contributed by atoms with E-state index in [0.717, 1.165) is 28.1 Å². The fraction of sp³-hybridized carbons (Fsp3) is 0.231. The highest BCUT2D eigenvalue weighted by atomic mass is 32.2. The molecule has 1 aliphatic heterocycles. The van der Waals surface area contributed by atoms with Gasteiger partial charge < -0.3 is 5.32 Å². The first-order valence-corrected chi connectivity index (χ1v) is 11.7. The van der Waals surface area contributed by atoms with Gasteiger partial charge in [0, 0.05) is 19.2 Å². The van der Waals surface area contributed by atoms with Gasteiger partial charge in [-0.1, -0.05) is 65.9 Å². The molecule has 0 bridgehead atoms. The highest BCUT2D eigenvalue weighted by Crippen LogP contribution is 2.33. The zero-order chi connectivity index (χ0) is 23.2. The number of hydrogen-bond donors (Lipinski definition) is 1. The van der Waals surface area contributed by atoms with Crippen molar-refractivity contribution < 1.29 is 9.59 Å². The molecule has 6 nitrogen and oxygen atoms in total. The molecule has 0 radical (unpaired) electrons. The highest BCUT2D eigenvalue weighted by molar-refractivity contribution is 8.15. The molecule has 4 rings (SSSR count). The topological polar surface area (TPSA) is 74.7 Å². The van der Waals surface area contributed by atoms with Gasteiger partial charge in [-0.05, 0) is 43.2 Å². The Morgan fingerprint density at radius 1 is 1.09 bits per heavy atom. The second kappa shape index (κ2) is 10.4. The lowest BCUT2D eigenvalue weighted by molar-refractivity contribution is -0.129. The normalized spacial score (nSPS) is 16.9. The van der Waals surface area contributed by atoms with E-state index in [2.05, 4.69) is 16.4 Å². The van der Waals surface area contributed by atoms with Crippen molar-refractivity contribution in [1.29, 1.82) is 0 Å². The predicted molar refractivity (Wildman–Crippen MR) is 132 cm³/mol. The number of thioether (sulfide) groups is 1. The minimum absolute atomic E-state index is 0.0982. The van der Waals surface area contributed by atoms with Crippen LogP contribution in [0.2, 0.25) is 0 Å². The van der Waals surface area contributed by atoms with Crippen LogP contribution in [0.5, 0.6) is 0 Å². The summed E-state index contributed by atoms with van der Waals surface area (Å²) >= 11 is 1.34. The van der Waals surface area contributed by atoms with Gasteiger partial charge in [-0.3, -0.25) is 19.5 Å². The van der Waals surface area contributed by atoms with E-state index < -0.39 is 5.25 Å². The molecule has 1 fully saturated rings. The largest absolute Gasteiger partial charge is 0.352 e. The van der Waals surface area contributed by atoms with E-state index in [4.69, 9.17) is 4.99 Å². The molecule has 1 saturated heterocycles. The van der Waals surface area contributed by atoms with E-state index in [1.165, 1.54) is 11.8 Å². The molecule has 168 valence electrons. The Labute approximate surface area is 198 Å². The zero-order valence-electron chi connectivity index (χ0n) is 18.7. The van der Waals surface area contributed by atoms with E-state index in [-0.39, 0.29) is 18.2 Å². The number of amidine groups is 1. The van der Waals surface area contributed by atoms with Crippen molar-refractivity contribution in [3.05, 3.63) is 95.3 Å². The fourth-order valence-corrected chi connectivity index (χ4v) is 4.75. The van der Waals surface area contributed by atoms with E-state index in [0.29, 0.717) is 18.3 Å². The summed E-state index contributed by atoms with van der Waals surface area (Å²) in [5.41, 5.74) is 4.80. The minimum atomic E-state index is -0.519. The summed E-state index contributed by atoms with van der Waals surface area (Å²) in [6.07, 6.45) is 1.80. The number of carbonyl (C=O) groups is 2. The summed E-state index contributed by atoms with van der Waals surface area (Å²) in [6, 6.07) is 21.4. The minimum Gasteiger partial charge on any atom is -0.352 e. The van der Waals surface area contributed by atoms with Crippen LogP contribution in [0.4, 0.5) is 5.69 Å². The third kappa shape index (κ3) is 5.87. The van der Waals surface area contributed by atoms with Crippen molar-refractivity contribution in [1.82, 2.24) is 15.2 Å². The molecule has 2 amide bonds. The van der Waals surface area contributed by atoms with Crippen LogP contribution in [-0.2, 0) is 22.7 Å². The molecule has 0 spiro atoms. The number of nitrogens with zero attached hydrogens (tertiary/aromatic N) is 3. The van der Waals surface area contributed by atoms with Crippen LogP contribution in [0.15, 0.2) is 77.9 Å². The molecule has 3 aromatic rings. The average Bonchev–Trinajstić information content (AvgIpc) is 3.09. The molecule has 1 N–H and O–H groups in total. The van der Waals surface area contributed by atoms with E-state index >= 15 is 0 Å². The number of aliphatic imine (C=N–C) groups is 1. The van der Waals surface area contributed by atoms with Crippen molar-refractivity contribution in [2.45, 2.75) is 38.6 Å². The summed E-state index contributed by atoms with van der Waals surface area (Å²) < 4.78 is 0. The van der Waals surface area contributed by atoms with E-state index in [1.54, 1.807) is 11.1 Å². The average molecular weight is 459 g/mol. The van der Waals surface area contributed by atoms with Gasteiger partial charge in [0.1, 0.15) is 5.25 Å². The first-order chi connectivity index (χ1) is 16.0. The third-order valence-corrected chi connectivity index (χ3v) is 6.51. The number of nitrogens with one attached hydrogen (secondary N) is 1. The smallest absolute Gasteiger partial charge is 0.243 e. The maximum absolute atomic E-state index is 13.3. The lowest BCUT2D eigenvalue weighted by Crippen LogP contribution is -2.34. The standard InChI is InChI=1S/C26H26N4O2S/c1-18-11-12-22(19(2)14-18)29-26-30(17-21-10-6-7-13-27-21)25(32)23(33-26)15-24(31)28-16-20-8-4-3-5-9-20/h3-14,23H,15-17H2,1-2H3,(H,28,31)/t23-/m1/s1. The van der Waals surface area contributed by atoms with Crippen molar-refractivity contribution in [2.75, 3.05) is 0 Å². The first kappa shape index (κ1) is 22.7. The molecule has 0 saturated carbocycles. The number of benzene rings is 2. The molecule has 2 aromatic carbocycles. The van der Waals surface area contributed by atoms with Crippen molar-refractivity contribution in [2.24, 2.45) is 4.99 Å². The first-order valence-electron chi connectivity index (χ1n) is 10.8. The van der Waals surface area contributed by atoms with Crippen LogP contribution < -0.4 is 5.32 Å². The Kier molecular flexibility index (Phi) is 7.19. The van der Waals surface area contributed by atoms with Crippen LogP contribution in [0.3, 0.4) is 0 Å². The summed E-state index contributed by atoms with van der Waals surface area (Å²) in [5.74, 6) is -0.278. The van der Waals surface area contributed by atoms with E-state index in [9.17, 15) is 9.59 Å². The number of pyridine rings is 1. The molecule has 0 aliphatic carbocycles. The van der Waals surface area contributed by atoms with Crippen LogP contribution >= 0.6 is 11.8 Å². The molecular formula is C26H26N4O2S. The third-order valence-electron chi connectivity index (χ3n) is 5.34. The van der Waals surface area contributed by atoms with Crippen LogP contribution in [0.1, 0.15) is 28.8 Å². The lowest BCUT2D eigenvalue weighted by Gasteiger charge is -2.16. The Hall–Kier alpha value is -3.45. The molecule has 7 heteroatoms. The Bertz CT molecular complexity index is 1170. The second-order valence-corrected chi connectivity index (χ2v) is 9.17. The van der Waals surface area contributed by atoms with Gasteiger partial charge in [0.15, 0.2) is 5.17 Å². The van der Waals surface area contributed by atoms with Crippen molar-refractivity contribution in [3.63, 3.8) is 0 Å². The summed E-state index contributed by atoms with van der Waals surface area (Å²) in [7, 11) is 0. The van der Waals surface area contributed by atoms with Crippen molar-refractivity contribution in [3.8, 4) is 0 Å². The van der Waals surface area contributed by atoms with Crippen LogP contribution in [-0.4, -0.2) is 32.1 Å². The second-order valence-electron chi connectivity index (χ2n) is 8.00. The fourth-order valence-electron chi connectivity index (χ4n) is 3.60. The highest BCUT2D eigenvalue weighted by Gasteiger charge is 2.39. The van der Waals surface area contributed by atoms with Crippen LogP contribution in [0, 0.1) is 13.8 Å². The van der Waals surface area contributed by atoms with Gasteiger partial charge >= 0.3 is 0 Å². The summed E-state index contributed by atoms with van der Waals surface area (Å²) in [6.45, 7) is 4.80. The number of carbonyl (C=O) groups excluding carboxylic acids is 2. The molecule has 1 atom stereocenters. The number of aryl methyl sites for hydroxylation is 2. The summed E-state index contributed by atoms with van der Waals surface area (Å²) in [4.78, 5) is 36.7. The lowest BCUT2D eigenvalue weighted by atomic mass is 10.1. The Morgan fingerprint density at radius 2 is 1.88 bits per heavy atom. The maximum Gasteiger partial charge on any atom is 0.243 e. The maximum atomic E-state index is 13.3. The van der Waals surface area contributed by atoms with Gasteiger partial charge in [0.2, 0.25) is 11.8 Å². The SMILES string of the molecule is Cc1ccc(N=C2S[C@H](CC(=O)NCc3ccccc3)C(=O)N2Cc2ccccn2)c(C)c1. The molecule has 0 unspecified atom stereocenters. The monoisotopic (exact) mass is 458 g/mol. The number of rotatable bonds is 7. The molecule has 33 heavy (non-hydrogen) atoms. The van der Waals surface area contributed by atoms with Gasteiger partial charge in [0.05, 0.1) is 17.9 Å². The quantitative estimate of drug-likeness (QED) is 0.564. The predicted octanol–water partition coefficient (Wildman–Crippen LogP) is 4.54. The molecule has 1 aliphatic rings. The number of amides is 2. The summed E-state index contributed by atoms with van der Waals surface area (Å²) in [5, 5.41) is 2.99. The van der Waals surface area contributed by atoms with Gasteiger partial charge in [-0.2, -0.15) is 0 Å². The number of hydrogen-bond acceptors (Lipinski definition) is 5. The zero-order valence-corrected chi connectivity index (χ0v) is 19.5. The van der Waals surface area contributed by atoms with Gasteiger partial charge in [-0.15, -0.1) is 0 Å². The Balaban J connectivity index is 1.52.